The molecule has 1 fully saturated rings. The molecule has 0 bridgehead atoms. The van der Waals surface area contributed by atoms with Gasteiger partial charge in [-0.25, -0.2) is 0 Å². The molecule has 0 spiro atoms. The van der Waals surface area contributed by atoms with Crippen molar-refractivity contribution >= 4 is 112 Å². The number of hydrogen-bond acceptors (Lipinski definition) is 29. The first-order valence-electron chi connectivity index (χ1n) is 40.8. The smallest absolute Gasteiger partial charge is 0.311 e. The second-order valence-corrected chi connectivity index (χ2v) is 34.7. The Morgan fingerprint density at radius 2 is 0.697 bits per heavy atom. The van der Waals surface area contributed by atoms with Gasteiger partial charge in [-0.15, -0.1) is 0 Å². The molecule has 0 radical (unpaired) electrons. The molecule has 8 N–H and O–H groups in total. The molecule has 122 heavy (non-hydrogen) atoms. The third kappa shape index (κ3) is 61.8. The zero-order valence-electron chi connectivity index (χ0n) is 78.3. The van der Waals surface area contributed by atoms with Gasteiger partial charge in [0.2, 0.25) is 0 Å². The van der Waals surface area contributed by atoms with E-state index in [1.165, 1.54) is 95.0 Å². The summed E-state index contributed by atoms with van der Waals surface area (Å²) in [6.07, 6.45) is 2.58. The Hall–Kier alpha value is -8.42. The molecule has 1 rings (SSSR count). The van der Waals surface area contributed by atoms with Crippen LogP contribution >= 0.6 is 11.8 Å². The quantitative estimate of drug-likeness (QED) is 0.0122. The summed E-state index contributed by atoms with van der Waals surface area (Å²) in [5, 5.41) is 69.7. The van der Waals surface area contributed by atoms with Gasteiger partial charge in [-0.05, 0) is 93.9 Å². The fraction of sp³-hybridized carbons (Fsp3) is 0.800. The third-order valence-electron chi connectivity index (χ3n) is 18.9. The summed E-state index contributed by atoms with van der Waals surface area (Å²) in [5.74, 6) is -22.0. The number of carbonyl (C=O) groups is 17. The minimum Gasteiger partial charge on any atom is -0.481 e. The van der Waals surface area contributed by atoms with E-state index in [2.05, 4.69) is 9.47 Å². The molecule has 1 aliphatic carbocycles. The summed E-state index contributed by atoms with van der Waals surface area (Å²) in [5.41, 5.74) is -1.09. The highest BCUT2D eigenvalue weighted by molar-refractivity contribution is 8.14. The average molecular weight is 1780 g/mol. The van der Waals surface area contributed by atoms with Gasteiger partial charge < -0.3 is 93.0 Å². The van der Waals surface area contributed by atoms with E-state index in [1.54, 1.807) is 83.1 Å². The predicted molar refractivity (Wildman–Crippen MR) is 448 cm³/mol. The number of carboxylic acids is 8. The number of carboxylic acid groups (broad SMARTS) is 8. The molecule has 0 aliphatic heterocycles. The SMILES string of the molecule is CC(C(=O)O)C(C)C(=O)OC(C)(C)C.CC(C(=O)O)C(C)C(=O)OC1CCCC(=O)C1.CC(C(=O)O)C(C)C(=O)SC(C)(C)C.CC(C)COC(C)OC(=O)C(C)C(C)C(=O)O.CCC(C)(C)OC(=O)C(C)C(C)C(=O)O.CCCCOC(C)OC(=O)C(C)C(C)C(=O)O.CCOC(C)OC(=O)C(C)C(C)C(=O)O.COCOC(=O)C(C)C(C)C(=O)O. The molecule has 0 aromatic rings. The van der Waals surface area contributed by atoms with Crippen LogP contribution in [0.15, 0.2) is 0 Å². The molecule has 1 aliphatic rings. The Morgan fingerprint density at radius 1 is 0.393 bits per heavy atom. The highest BCUT2D eigenvalue weighted by Gasteiger charge is 2.37. The number of Topliss-reactive ketones (excluding diaryl/α,β-unsaturated/α-hetero) is 1. The lowest BCUT2D eigenvalue weighted by atomic mass is 9.94. The van der Waals surface area contributed by atoms with Crippen molar-refractivity contribution in [3.05, 3.63) is 0 Å². The van der Waals surface area contributed by atoms with Crippen molar-refractivity contribution in [2.45, 2.75) is 307 Å². The summed E-state index contributed by atoms with van der Waals surface area (Å²) >= 11 is 1.21. The van der Waals surface area contributed by atoms with Crippen molar-refractivity contribution in [2.24, 2.45) is 101 Å². The Balaban J connectivity index is -0.000000248. The predicted octanol–water partition coefficient (Wildman–Crippen LogP) is 13.3. The van der Waals surface area contributed by atoms with Gasteiger partial charge in [0.05, 0.1) is 102 Å². The Kier molecular flexibility index (Phi) is 67.8. The maximum absolute atomic E-state index is 11.7. The number of ether oxygens (including phenoxy) is 11. The largest absolute Gasteiger partial charge is 0.481 e. The highest BCUT2D eigenvalue weighted by atomic mass is 32.2. The molecular formula is C85H150O36S. The van der Waals surface area contributed by atoms with Crippen LogP contribution in [0.1, 0.15) is 267 Å². The lowest BCUT2D eigenvalue weighted by molar-refractivity contribution is -0.184. The van der Waals surface area contributed by atoms with E-state index < -0.39 is 214 Å². The minimum atomic E-state index is -1.02. The van der Waals surface area contributed by atoms with E-state index in [4.69, 9.17) is 83.5 Å². The first-order valence-corrected chi connectivity index (χ1v) is 41.6. The number of ketones is 1. The number of esters is 7. The molecule has 0 saturated heterocycles. The lowest BCUT2D eigenvalue weighted by Crippen LogP contribution is -2.34. The molecule has 0 amide bonds. The fourth-order valence-corrected chi connectivity index (χ4v) is 9.04. The van der Waals surface area contributed by atoms with Crippen LogP contribution in [-0.2, 0) is 134 Å². The van der Waals surface area contributed by atoms with Crippen molar-refractivity contribution in [3.63, 3.8) is 0 Å². The number of unbranched alkanes of at least 4 members (excludes halogenated alkanes) is 1. The summed E-state index contributed by atoms with van der Waals surface area (Å²) in [7, 11) is 1.39. The van der Waals surface area contributed by atoms with Gasteiger partial charge in [0.25, 0.3) is 0 Å². The van der Waals surface area contributed by atoms with Gasteiger partial charge in [-0.1, -0.05) is 177 Å². The van der Waals surface area contributed by atoms with Crippen LogP contribution in [0.4, 0.5) is 0 Å². The van der Waals surface area contributed by atoms with E-state index in [1.807, 2.05) is 62.3 Å². The van der Waals surface area contributed by atoms with Crippen LogP contribution in [0.25, 0.3) is 0 Å². The topological polar surface area (TPSA) is 554 Å². The Morgan fingerprint density at radius 3 is 0.984 bits per heavy atom. The number of hydrogen-bond donors (Lipinski definition) is 8. The van der Waals surface area contributed by atoms with E-state index in [9.17, 15) is 81.5 Å². The number of rotatable bonds is 41. The van der Waals surface area contributed by atoms with Gasteiger partial charge in [-0.3, -0.25) is 81.5 Å². The van der Waals surface area contributed by atoms with Crippen molar-refractivity contribution in [3.8, 4) is 0 Å². The highest BCUT2D eigenvalue weighted by Crippen LogP contribution is 2.30. The molecule has 37 heteroatoms. The Labute approximate surface area is 725 Å². The van der Waals surface area contributed by atoms with Crippen LogP contribution < -0.4 is 0 Å². The molecule has 712 valence electrons. The lowest BCUT2D eigenvalue weighted by Gasteiger charge is -2.26. The van der Waals surface area contributed by atoms with E-state index in [0.29, 0.717) is 45.0 Å². The minimum absolute atomic E-state index is 0.0487. The molecule has 36 nitrogen and oxygen atoms in total. The van der Waals surface area contributed by atoms with Gasteiger partial charge in [-0.2, -0.15) is 0 Å². The second kappa shape index (κ2) is 65.2. The standard InChI is InChI=1S/C12H18O5.2C12H22O5.C11H20O4.C10H18O5.C10H18O4.C10H18O3S.C8H14O5/c1-7(11(14)15)8(2)12(16)17-10-5-3-4-9(13)6-10;1-7(2)6-16-10(5)17-12(15)9(4)8(3)11(13)14;1-5-6-7-16-10(4)17-12(15)9(3)8(2)11(13)14;1-6-11(4,5)15-10(14)8(3)7(2)9(12)13;1-5-14-8(4)15-10(13)7(3)6(2)9(11)12;2*1-6(8(11)12)7(2)9(13)14-10(3,4)5;1-5(7(9)10)6(2)8(11)13-4-12-3/h7-8,10H,3-6H2,1-2H3,(H,14,15);7-10H,6H2,1-5H3,(H,13,14);8-10H,5-7H2,1-4H3,(H,13,14);7-8H,6H2,1-5H3,(H,12,13);6-8H,5H2,1-4H3,(H,11,12);2*6-7H,1-5H3,(H,11,12);5-6H,4H2,1-3H3,(H,9,10). The molecule has 0 aromatic heterocycles. The van der Waals surface area contributed by atoms with Gasteiger partial charge >= 0.3 is 89.5 Å². The molecule has 1 saturated carbocycles. The van der Waals surface area contributed by atoms with Crippen LogP contribution in [0.3, 0.4) is 0 Å². The normalized spacial score (nSPS) is 17.0. The molecule has 20 atom stereocenters. The number of thioether (sulfide) groups is 1. The van der Waals surface area contributed by atoms with E-state index in [0.717, 1.165) is 19.3 Å². The fourth-order valence-electron chi connectivity index (χ4n) is 8.05. The molecule has 20 unspecified atom stereocenters. The van der Waals surface area contributed by atoms with Crippen molar-refractivity contribution in [1.82, 2.24) is 0 Å². The number of aliphatic carboxylic acids is 8. The second-order valence-electron chi connectivity index (χ2n) is 32.9. The van der Waals surface area contributed by atoms with Crippen molar-refractivity contribution < 1.29 is 174 Å². The van der Waals surface area contributed by atoms with Gasteiger partial charge in [0.1, 0.15) is 23.1 Å². The van der Waals surface area contributed by atoms with Crippen LogP contribution in [0.2, 0.25) is 0 Å². The Bertz CT molecular complexity index is 3140. The summed E-state index contributed by atoms with van der Waals surface area (Å²) in [6, 6.07) is 0. The summed E-state index contributed by atoms with van der Waals surface area (Å²) in [4.78, 5) is 188. The summed E-state index contributed by atoms with van der Waals surface area (Å²) < 4.78 is 54.9. The maximum atomic E-state index is 11.7. The first-order chi connectivity index (χ1) is 55.5. The van der Waals surface area contributed by atoms with Gasteiger partial charge in [0, 0.05) is 37.2 Å². The molecule has 0 heterocycles. The van der Waals surface area contributed by atoms with Crippen LogP contribution in [0, 0.1) is 101 Å². The van der Waals surface area contributed by atoms with Crippen molar-refractivity contribution in [2.75, 3.05) is 33.7 Å². The molecular weight excluding hydrogens is 1630 g/mol. The maximum Gasteiger partial charge on any atom is 0.311 e. The van der Waals surface area contributed by atoms with Crippen LogP contribution in [0.5, 0.6) is 0 Å². The number of carbonyl (C=O) groups excluding carboxylic acids is 9. The van der Waals surface area contributed by atoms with Crippen molar-refractivity contribution in [1.29, 1.82) is 0 Å². The first kappa shape index (κ1) is 127. The summed E-state index contributed by atoms with van der Waals surface area (Å²) in [6.45, 7) is 55.0. The van der Waals surface area contributed by atoms with Gasteiger partial charge in [0.15, 0.2) is 30.8 Å². The molecule has 0 aromatic carbocycles. The zero-order valence-corrected chi connectivity index (χ0v) is 79.1. The zero-order chi connectivity index (χ0) is 97.7. The monoisotopic (exact) mass is 1780 g/mol. The van der Waals surface area contributed by atoms with E-state index >= 15 is 0 Å². The average Bonchev–Trinajstić information content (AvgIpc) is 0.868. The van der Waals surface area contributed by atoms with Crippen LogP contribution in [-0.4, -0.2) is 216 Å². The van der Waals surface area contributed by atoms with E-state index in [-0.39, 0.29) is 35.0 Å². The number of methoxy groups -OCH3 is 1. The third-order valence-corrected chi connectivity index (χ3v) is 20.1.